The highest BCUT2D eigenvalue weighted by Crippen LogP contribution is 2.23. The van der Waals surface area contributed by atoms with Crippen molar-refractivity contribution in [1.82, 2.24) is 0 Å². The van der Waals surface area contributed by atoms with Gasteiger partial charge in [0.2, 0.25) is 0 Å². The first-order valence-corrected chi connectivity index (χ1v) is 17.4. The highest BCUT2D eigenvalue weighted by atomic mass is 16.5. The van der Waals surface area contributed by atoms with Gasteiger partial charge in [-0.1, -0.05) is 72.8 Å². The number of ether oxygens (including phenoxy) is 4. The normalized spacial score (nSPS) is 13.3. The third-order valence-corrected chi connectivity index (χ3v) is 8.05. The standard InChI is InChI=1S/C42H48N2O8/c45-35(29-49-39-13-5-1-6-14-39)25-43(26-36(46)30-50-40-15-7-2-8-16-40)33-21-23-34(24-22-33)44(27-37(47)31-51-41-17-9-3-10-18-41)28-38(48)32-52-42-19-11-4-12-20-42/h1-24,35-38,45-48H,25-32H2/t35-,36-,37-,38-/m0/s1. The Balaban J connectivity index is 1.28. The van der Waals surface area contributed by atoms with E-state index in [0.29, 0.717) is 23.0 Å². The van der Waals surface area contributed by atoms with Gasteiger partial charge in [-0.05, 0) is 72.8 Å². The zero-order valence-corrected chi connectivity index (χ0v) is 29.1. The van der Waals surface area contributed by atoms with E-state index in [1.54, 1.807) is 0 Å². The van der Waals surface area contributed by atoms with E-state index in [1.165, 1.54) is 0 Å². The second-order valence-electron chi connectivity index (χ2n) is 12.4. The fourth-order valence-electron chi connectivity index (χ4n) is 5.51. The summed E-state index contributed by atoms with van der Waals surface area (Å²) in [6.07, 6.45) is -3.45. The topological polar surface area (TPSA) is 124 Å². The predicted molar refractivity (Wildman–Crippen MR) is 203 cm³/mol. The van der Waals surface area contributed by atoms with Gasteiger partial charge < -0.3 is 49.2 Å². The molecule has 10 nitrogen and oxygen atoms in total. The fraction of sp³-hybridized carbons (Fsp3) is 0.286. The van der Waals surface area contributed by atoms with E-state index in [-0.39, 0.29) is 52.6 Å². The average molecular weight is 709 g/mol. The van der Waals surface area contributed by atoms with E-state index in [4.69, 9.17) is 18.9 Å². The Morgan fingerprint density at radius 3 is 0.750 bits per heavy atom. The number of benzene rings is 5. The maximum Gasteiger partial charge on any atom is 0.119 e. The molecule has 0 aliphatic rings. The summed E-state index contributed by atoms with van der Waals surface area (Å²) in [5.74, 6) is 2.62. The van der Waals surface area contributed by atoms with Gasteiger partial charge in [0.15, 0.2) is 0 Å². The molecule has 0 aliphatic carbocycles. The summed E-state index contributed by atoms with van der Waals surface area (Å²) in [7, 11) is 0. The molecular weight excluding hydrogens is 660 g/mol. The van der Waals surface area contributed by atoms with Gasteiger partial charge in [-0.25, -0.2) is 0 Å². The van der Waals surface area contributed by atoms with Gasteiger partial charge in [0.05, 0.1) is 0 Å². The van der Waals surface area contributed by atoms with Crippen LogP contribution in [0.2, 0.25) is 0 Å². The number of aliphatic hydroxyl groups excluding tert-OH is 4. The van der Waals surface area contributed by atoms with Gasteiger partial charge in [-0.3, -0.25) is 0 Å². The van der Waals surface area contributed by atoms with Crippen molar-refractivity contribution in [2.75, 3.05) is 62.4 Å². The summed E-state index contributed by atoms with van der Waals surface area (Å²) in [4.78, 5) is 3.77. The second-order valence-corrected chi connectivity index (χ2v) is 12.4. The zero-order chi connectivity index (χ0) is 36.4. The highest BCUT2D eigenvalue weighted by molar-refractivity contribution is 5.57. The Morgan fingerprint density at radius 2 is 0.538 bits per heavy atom. The van der Waals surface area contributed by atoms with E-state index < -0.39 is 24.4 Å². The third-order valence-electron chi connectivity index (χ3n) is 8.05. The zero-order valence-electron chi connectivity index (χ0n) is 29.1. The first-order valence-electron chi connectivity index (χ1n) is 17.4. The van der Waals surface area contributed by atoms with Crippen molar-refractivity contribution in [1.29, 1.82) is 0 Å². The van der Waals surface area contributed by atoms with Crippen molar-refractivity contribution in [3.8, 4) is 23.0 Å². The lowest BCUT2D eigenvalue weighted by molar-refractivity contribution is 0.0950. The first kappa shape index (κ1) is 38.0. The SMILES string of the molecule is O[C@H](COc1ccccc1)CN(C[C@H](O)COc1ccccc1)c1ccc(N(C[C@H](O)COc2ccccc2)C[C@H](O)COc2ccccc2)cc1. The summed E-state index contributed by atoms with van der Waals surface area (Å²) in [5, 5.41) is 44.0. The average Bonchev–Trinajstić information content (AvgIpc) is 3.19. The molecule has 0 radical (unpaired) electrons. The minimum absolute atomic E-state index is 0.0644. The monoisotopic (exact) mass is 708 g/mol. The van der Waals surface area contributed by atoms with Crippen LogP contribution in [0.15, 0.2) is 146 Å². The quantitative estimate of drug-likeness (QED) is 0.0776. The number of anilines is 2. The summed E-state index contributed by atoms with van der Waals surface area (Å²) < 4.78 is 23.2. The van der Waals surface area contributed by atoms with Crippen molar-refractivity contribution in [2.45, 2.75) is 24.4 Å². The predicted octanol–water partition coefficient (Wildman–Crippen LogP) is 5.06. The Morgan fingerprint density at radius 1 is 0.327 bits per heavy atom. The number of hydrogen-bond donors (Lipinski definition) is 4. The van der Waals surface area contributed by atoms with Crippen molar-refractivity contribution < 1.29 is 39.4 Å². The Hall–Kier alpha value is -5.26. The fourth-order valence-corrected chi connectivity index (χ4v) is 5.51. The number of para-hydroxylation sites is 4. The molecule has 0 saturated heterocycles. The van der Waals surface area contributed by atoms with Crippen molar-refractivity contribution in [3.05, 3.63) is 146 Å². The van der Waals surface area contributed by atoms with Gasteiger partial charge in [0, 0.05) is 37.6 Å². The van der Waals surface area contributed by atoms with Crippen LogP contribution in [0.3, 0.4) is 0 Å². The Labute approximate surface area is 305 Å². The van der Waals surface area contributed by atoms with Crippen molar-refractivity contribution >= 4 is 11.4 Å². The van der Waals surface area contributed by atoms with E-state index in [2.05, 4.69) is 0 Å². The van der Waals surface area contributed by atoms with Crippen LogP contribution in [0.1, 0.15) is 0 Å². The molecule has 0 spiro atoms. The van der Waals surface area contributed by atoms with Gasteiger partial charge >= 0.3 is 0 Å². The molecule has 5 aromatic carbocycles. The van der Waals surface area contributed by atoms with Gasteiger partial charge in [0.25, 0.3) is 0 Å². The van der Waals surface area contributed by atoms with Crippen LogP contribution in [-0.4, -0.2) is 97.4 Å². The molecule has 5 aromatic rings. The Bertz CT molecular complexity index is 1440. The minimum Gasteiger partial charge on any atom is -0.491 e. The first-order chi connectivity index (χ1) is 25.4. The number of hydrogen-bond acceptors (Lipinski definition) is 10. The third kappa shape index (κ3) is 13.1. The summed E-state index contributed by atoms with van der Waals surface area (Å²) in [6.45, 7) is 0.993. The second kappa shape index (κ2) is 20.6. The number of aliphatic hydroxyl groups is 4. The van der Waals surface area contributed by atoms with Gasteiger partial charge in [-0.2, -0.15) is 0 Å². The van der Waals surface area contributed by atoms with Crippen LogP contribution in [-0.2, 0) is 0 Å². The van der Waals surface area contributed by atoms with Gasteiger partial charge in [0.1, 0.15) is 73.8 Å². The van der Waals surface area contributed by atoms with E-state index in [9.17, 15) is 20.4 Å². The molecule has 0 unspecified atom stereocenters. The van der Waals surface area contributed by atoms with Gasteiger partial charge in [-0.15, -0.1) is 0 Å². The van der Waals surface area contributed by atoms with Crippen LogP contribution in [0, 0.1) is 0 Å². The van der Waals surface area contributed by atoms with Crippen molar-refractivity contribution in [3.63, 3.8) is 0 Å². The molecule has 0 saturated carbocycles. The lowest BCUT2D eigenvalue weighted by Crippen LogP contribution is -2.42. The lowest BCUT2D eigenvalue weighted by atomic mass is 10.2. The van der Waals surface area contributed by atoms with Crippen LogP contribution >= 0.6 is 0 Å². The molecule has 4 N–H and O–H groups in total. The summed E-state index contributed by atoms with van der Waals surface area (Å²) in [5.41, 5.74) is 1.50. The Kier molecular flexibility index (Phi) is 15.0. The minimum atomic E-state index is -0.863. The maximum absolute atomic E-state index is 11.0. The largest absolute Gasteiger partial charge is 0.491 e. The molecule has 5 rings (SSSR count). The van der Waals surface area contributed by atoms with Crippen LogP contribution in [0.4, 0.5) is 11.4 Å². The number of nitrogens with zero attached hydrogens (tertiary/aromatic N) is 2. The molecule has 0 aromatic heterocycles. The molecule has 0 bridgehead atoms. The lowest BCUT2D eigenvalue weighted by Gasteiger charge is -2.32. The molecule has 4 atom stereocenters. The van der Waals surface area contributed by atoms with Crippen molar-refractivity contribution in [2.24, 2.45) is 0 Å². The molecule has 10 heteroatoms. The van der Waals surface area contributed by atoms with E-state index in [0.717, 1.165) is 11.4 Å². The molecule has 0 heterocycles. The van der Waals surface area contributed by atoms with E-state index >= 15 is 0 Å². The summed E-state index contributed by atoms with van der Waals surface area (Å²) in [6, 6.07) is 44.7. The molecule has 0 fully saturated rings. The molecule has 0 amide bonds. The molecule has 52 heavy (non-hydrogen) atoms. The van der Waals surface area contributed by atoms with E-state index in [1.807, 2.05) is 155 Å². The molecule has 274 valence electrons. The summed E-state index contributed by atoms with van der Waals surface area (Å²) >= 11 is 0. The smallest absolute Gasteiger partial charge is 0.119 e. The maximum atomic E-state index is 11.0. The molecular formula is C42H48N2O8. The van der Waals surface area contributed by atoms with Crippen LogP contribution in [0.5, 0.6) is 23.0 Å². The van der Waals surface area contributed by atoms with Crippen LogP contribution in [0.25, 0.3) is 0 Å². The highest BCUT2D eigenvalue weighted by Gasteiger charge is 2.21. The number of rotatable bonds is 22. The van der Waals surface area contributed by atoms with Crippen LogP contribution < -0.4 is 28.7 Å². The molecule has 0 aliphatic heterocycles.